The molecule has 0 aromatic carbocycles. The van der Waals surface area contributed by atoms with Crippen LogP contribution in [0.15, 0.2) is 23.8 Å². The summed E-state index contributed by atoms with van der Waals surface area (Å²) < 4.78 is 4.96. The molecule has 0 amide bonds. The van der Waals surface area contributed by atoms with Gasteiger partial charge in [0.25, 0.3) is 0 Å². The number of esters is 1. The molecule has 0 aromatic heterocycles. The van der Waals surface area contributed by atoms with Gasteiger partial charge in [-0.25, -0.2) is 0 Å². The second-order valence-corrected chi connectivity index (χ2v) is 10.6. The van der Waals surface area contributed by atoms with Gasteiger partial charge in [0.15, 0.2) is 12.4 Å². The van der Waals surface area contributed by atoms with E-state index in [0.717, 1.165) is 18.4 Å². The molecule has 0 unspecified atom stereocenters. The fraction of sp³-hybridized carbons (Fsp3) is 0.680. The maximum Gasteiger partial charge on any atom is 0.306 e. The third-order valence-electron chi connectivity index (χ3n) is 9.02. The highest BCUT2D eigenvalue weighted by Crippen LogP contribution is 2.67. The van der Waals surface area contributed by atoms with Gasteiger partial charge in [-0.15, -0.1) is 0 Å². The Labute approximate surface area is 192 Å². The number of fused-ring (bicyclic) bond motifs is 5. The molecule has 0 heterocycles. The van der Waals surface area contributed by atoms with Crippen LogP contribution in [0.25, 0.3) is 0 Å². The highest BCUT2D eigenvalue weighted by molar-refractivity contribution is 6.01. The molecule has 0 spiro atoms. The summed E-state index contributed by atoms with van der Waals surface area (Å²) in [6.07, 6.45) is 6.27. The molecule has 0 aliphatic heterocycles. The third-order valence-corrected chi connectivity index (χ3v) is 9.02. The SMILES string of the molecule is C[C@]12C=CC(=O)C=C1CC[C@H]1[C@@H]2[C@@H](O)C[C@@]2(C)[C@H]1CC[C@]2(O)C(=O)COC(=O)CCC(=O)O. The highest BCUT2D eigenvalue weighted by Gasteiger charge is 2.68. The Hall–Kier alpha value is -2.32. The minimum absolute atomic E-state index is 0.00645. The molecule has 8 nitrogen and oxygen atoms in total. The lowest BCUT2D eigenvalue weighted by molar-refractivity contribution is -0.181. The van der Waals surface area contributed by atoms with Gasteiger partial charge < -0.3 is 20.1 Å². The number of aliphatic hydroxyl groups is 2. The standard InChI is InChI=1S/C25H32O8/c1-23-9-7-15(26)11-14(23)3-4-16-17-8-10-25(32,24(17,2)12-18(27)22(16)23)19(28)13-33-21(31)6-5-20(29)30/h7,9,11,16-18,22,27,32H,3-6,8,10,12-13H2,1-2H3,(H,29,30)/t16-,17+,18+,22-,23+,24+,25+/m1/s1. The van der Waals surface area contributed by atoms with Crippen LogP contribution in [0, 0.1) is 28.6 Å². The summed E-state index contributed by atoms with van der Waals surface area (Å²) in [5.41, 5.74) is -1.99. The van der Waals surface area contributed by atoms with Gasteiger partial charge in [0, 0.05) is 16.7 Å². The van der Waals surface area contributed by atoms with E-state index in [1.807, 2.05) is 13.0 Å². The molecule has 0 saturated heterocycles. The minimum atomic E-state index is -1.73. The molecule has 7 atom stereocenters. The topological polar surface area (TPSA) is 138 Å². The second kappa shape index (κ2) is 8.17. The van der Waals surface area contributed by atoms with Crippen LogP contribution >= 0.6 is 0 Å². The second-order valence-electron chi connectivity index (χ2n) is 10.6. The third kappa shape index (κ3) is 3.67. The lowest BCUT2D eigenvalue weighted by Crippen LogP contribution is -2.61. The minimum Gasteiger partial charge on any atom is -0.481 e. The zero-order valence-electron chi connectivity index (χ0n) is 19.1. The first-order valence-corrected chi connectivity index (χ1v) is 11.7. The number of Topliss-reactive ketones (excluding diaryl/α,β-unsaturated/α-hetero) is 1. The number of carboxylic acid groups (broad SMARTS) is 1. The number of aliphatic carboxylic acids is 1. The summed E-state index contributed by atoms with van der Waals surface area (Å²) in [6.45, 7) is 3.30. The Balaban J connectivity index is 1.53. The normalized spacial score (nSPS) is 41.5. The van der Waals surface area contributed by atoms with Crippen molar-refractivity contribution < 1.29 is 39.2 Å². The predicted octanol–water partition coefficient (Wildman–Crippen LogP) is 1.97. The molecular weight excluding hydrogens is 428 g/mol. The first kappa shape index (κ1) is 23.8. The molecule has 0 aromatic rings. The van der Waals surface area contributed by atoms with Crippen molar-refractivity contribution in [2.24, 2.45) is 28.6 Å². The van der Waals surface area contributed by atoms with E-state index in [0.29, 0.717) is 6.42 Å². The summed E-state index contributed by atoms with van der Waals surface area (Å²) in [4.78, 5) is 47.4. The van der Waals surface area contributed by atoms with Crippen molar-refractivity contribution in [1.29, 1.82) is 0 Å². The van der Waals surface area contributed by atoms with E-state index in [2.05, 4.69) is 6.92 Å². The molecule has 4 rings (SSSR count). The number of carbonyl (C=O) groups is 4. The van der Waals surface area contributed by atoms with Gasteiger partial charge in [-0.1, -0.05) is 25.5 Å². The van der Waals surface area contributed by atoms with E-state index in [1.54, 1.807) is 12.2 Å². The van der Waals surface area contributed by atoms with Gasteiger partial charge in [0.05, 0.1) is 18.9 Å². The number of hydrogen-bond acceptors (Lipinski definition) is 7. The predicted molar refractivity (Wildman–Crippen MR) is 116 cm³/mol. The average molecular weight is 461 g/mol. The van der Waals surface area contributed by atoms with Crippen LogP contribution in [0.5, 0.6) is 0 Å². The summed E-state index contributed by atoms with van der Waals surface area (Å²) >= 11 is 0. The van der Waals surface area contributed by atoms with Gasteiger partial charge in [0.2, 0.25) is 5.78 Å². The van der Waals surface area contributed by atoms with Crippen molar-refractivity contribution in [3.8, 4) is 0 Å². The van der Waals surface area contributed by atoms with Gasteiger partial charge in [0.1, 0.15) is 5.60 Å². The zero-order valence-corrected chi connectivity index (χ0v) is 19.1. The number of hydrogen-bond donors (Lipinski definition) is 3. The van der Waals surface area contributed by atoms with Crippen LogP contribution in [-0.4, -0.2) is 57.1 Å². The maximum absolute atomic E-state index is 13.1. The fourth-order valence-electron chi connectivity index (χ4n) is 7.34. The Morgan fingerprint density at radius 1 is 1.18 bits per heavy atom. The van der Waals surface area contributed by atoms with Crippen molar-refractivity contribution in [2.45, 2.75) is 70.5 Å². The van der Waals surface area contributed by atoms with Crippen molar-refractivity contribution in [2.75, 3.05) is 6.61 Å². The van der Waals surface area contributed by atoms with E-state index < -0.39 is 46.9 Å². The van der Waals surface area contributed by atoms with Crippen LogP contribution in [0.4, 0.5) is 0 Å². The molecule has 3 saturated carbocycles. The van der Waals surface area contributed by atoms with E-state index in [4.69, 9.17) is 9.84 Å². The largest absolute Gasteiger partial charge is 0.481 e. The molecule has 180 valence electrons. The van der Waals surface area contributed by atoms with Gasteiger partial charge in [-0.2, -0.15) is 0 Å². The molecule has 4 aliphatic carbocycles. The van der Waals surface area contributed by atoms with Crippen LogP contribution < -0.4 is 0 Å². The van der Waals surface area contributed by atoms with Crippen molar-refractivity contribution >= 4 is 23.5 Å². The van der Waals surface area contributed by atoms with E-state index in [-0.39, 0.29) is 49.2 Å². The first-order chi connectivity index (χ1) is 15.4. The van der Waals surface area contributed by atoms with Crippen molar-refractivity contribution in [1.82, 2.24) is 0 Å². The Bertz CT molecular complexity index is 950. The highest BCUT2D eigenvalue weighted by atomic mass is 16.5. The fourth-order valence-corrected chi connectivity index (χ4v) is 7.34. The Kier molecular flexibility index (Phi) is 5.90. The lowest BCUT2D eigenvalue weighted by Gasteiger charge is -2.59. The van der Waals surface area contributed by atoms with Gasteiger partial charge in [-0.3, -0.25) is 19.2 Å². The molecule has 8 heteroatoms. The van der Waals surface area contributed by atoms with E-state index in [1.165, 1.54) is 0 Å². The molecule has 0 bridgehead atoms. The van der Waals surface area contributed by atoms with Crippen LogP contribution in [0.2, 0.25) is 0 Å². The van der Waals surface area contributed by atoms with E-state index in [9.17, 15) is 29.4 Å². The summed E-state index contributed by atoms with van der Waals surface area (Å²) in [5.74, 6) is -2.58. The molecule has 3 N–H and O–H groups in total. The number of ketones is 2. The molecular formula is C25H32O8. The lowest BCUT2D eigenvalue weighted by atomic mass is 9.46. The monoisotopic (exact) mass is 460 g/mol. The number of aliphatic hydroxyl groups excluding tert-OH is 1. The zero-order chi connectivity index (χ0) is 24.2. The summed E-state index contributed by atoms with van der Waals surface area (Å²) in [5, 5.41) is 31.6. The van der Waals surface area contributed by atoms with Crippen LogP contribution in [0.3, 0.4) is 0 Å². The molecule has 3 fully saturated rings. The Morgan fingerprint density at radius 2 is 1.91 bits per heavy atom. The summed E-state index contributed by atoms with van der Waals surface area (Å²) in [7, 11) is 0. The smallest absolute Gasteiger partial charge is 0.306 e. The van der Waals surface area contributed by atoms with Crippen molar-refractivity contribution in [3.05, 3.63) is 23.8 Å². The van der Waals surface area contributed by atoms with Crippen LogP contribution in [-0.2, 0) is 23.9 Å². The Morgan fingerprint density at radius 3 is 2.61 bits per heavy atom. The van der Waals surface area contributed by atoms with Gasteiger partial charge >= 0.3 is 11.9 Å². The van der Waals surface area contributed by atoms with Crippen molar-refractivity contribution in [3.63, 3.8) is 0 Å². The molecule has 4 aliphatic rings. The number of rotatable bonds is 6. The molecule has 0 radical (unpaired) electrons. The van der Waals surface area contributed by atoms with Gasteiger partial charge in [-0.05, 0) is 56.1 Å². The molecule has 33 heavy (non-hydrogen) atoms. The quantitative estimate of drug-likeness (QED) is 0.512. The first-order valence-electron chi connectivity index (χ1n) is 11.7. The van der Waals surface area contributed by atoms with E-state index >= 15 is 0 Å². The number of allylic oxidation sites excluding steroid dienone is 4. The van der Waals surface area contributed by atoms with Crippen LogP contribution in [0.1, 0.15) is 58.8 Å². The number of carbonyl (C=O) groups excluding carboxylic acids is 3. The average Bonchev–Trinajstić information content (AvgIpc) is 3.02. The number of carboxylic acids is 1. The maximum atomic E-state index is 13.1. The summed E-state index contributed by atoms with van der Waals surface area (Å²) in [6, 6.07) is 0. The number of ether oxygens (including phenoxy) is 1.